The van der Waals surface area contributed by atoms with Crippen molar-refractivity contribution in [1.82, 2.24) is 9.55 Å². The Balaban J connectivity index is 1.93. The molecule has 0 aliphatic heterocycles. The number of aromatic nitrogens is 2. The molecule has 0 bridgehead atoms. The number of aromatic amines is 1. The second kappa shape index (κ2) is 4.76. The van der Waals surface area contributed by atoms with Crippen LogP contribution in [0.3, 0.4) is 0 Å². The van der Waals surface area contributed by atoms with Crippen molar-refractivity contribution in [3.8, 4) is 0 Å². The van der Waals surface area contributed by atoms with Crippen molar-refractivity contribution in [2.75, 3.05) is 13.7 Å². The second-order valence-electron chi connectivity index (χ2n) is 5.78. The smallest absolute Gasteiger partial charge is 0.178 e. The van der Waals surface area contributed by atoms with E-state index in [1.807, 2.05) is 0 Å². The van der Waals surface area contributed by atoms with Gasteiger partial charge < -0.3 is 14.3 Å². The number of fused-ring (bicyclic) bond motifs is 1. The summed E-state index contributed by atoms with van der Waals surface area (Å²) < 4.78 is 8.32. The van der Waals surface area contributed by atoms with Gasteiger partial charge in [0.15, 0.2) is 4.77 Å². The fourth-order valence-corrected chi connectivity index (χ4v) is 3.03. The molecule has 102 valence electrons. The SMILES string of the molecule is COCCC1(Cn2c(=S)[nH]c3cc(C)ccc32)CC1. The summed E-state index contributed by atoms with van der Waals surface area (Å²) >= 11 is 5.48. The van der Waals surface area contributed by atoms with Crippen LogP contribution in [0.15, 0.2) is 18.2 Å². The van der Waals surface area contributed by atoms with Crippen molar-refractivity contribution in [2.24, 2.45) is 5.41 Å². The van der Waals surface area contributed by atoms with Gasteiger partial charge in [0.1, 0.15) is 0 Å². The van der Waals surface area contributed by atoms with E-state index < -0.39 is 0 Å². The normalized spacial score (nSPS) is 16.9. The van der Waals surface area contributed by atoms with Gasteiger partial charge in [0.05, 0.1) is 11.0 Å². The number of nitrogens with one attached hydrogen (secondary N) is 1. The van der Waals surface area contributed by atoms with Crippen molar-refractivity contribution in [1.29, 1.82) is 0 Å². The van der Waals surface area contributed by atoms with Gasteiger partial charge in [0.25, 0.3) is 0 Å². The lowest BCUT2D eigenvalue weighted by atomic mass is 10.0. The molecule has 2 aromatic rings. The lowest BCUT2D eigenvalue weighted by molar-refractivity contribution is 0.167. The molecule has 0 spiro atoms. The van der Waals surface area contributed by atoms with E-state index in [2.05, 4.69) is 34.7 Å². The average Bonchev–Trinajstić information content (AvgIpc) is 3.08. The molecule has 1 fully saturated rings. The topological polar surface area (TPSA) is 29.9 Å². The van der Waals surface area contributed by atoms with E-state index in [0.717, 1.165) is 29.9 Å². The zero-order valence-electron chi connectivity index (χ0n) is 11.5. The number of nitrogens with zero attached hydrogens (tertiary/aromatic N) is 1. The van der Waals surface area contributed by atoms with Crippen molar-refractivity contribution >= 4 is 23.3 Å². The number of hydrogen-bond acceptors (Lipinski definition) is 2. The summed E-state index contributed by atoms with van der Waals surface area (Å²) in [5.41, 5.74) is 4.04. The Morgan fingerprint density at radius 3 is 2.89 bits per heavy atom. The van der Waals surface area contributed by atoms with E-state index in [9.17, 15) is 0 Å². The first-order valence-corrected chi connectivity index (χ1v) is 7.22. The third kappa shape index (κ3) is 2.47. The third-order valence-electron chi connectivity index (χ3n) is 4.22. The summed E-state index contributed by atoms with van der Waals surface area (Å²) in [6.45, 7) is 3.96. The third-order valence-corrected chi connectivity index (χ3v) is 4.54. The minimum Gasteiger partial charge on any atom is -0.385 e. The Kier molecular flexibility index (Phi) is 3.23. The highest BCUT2D eigenvalue weighted by molar-refractivity contribution is 7.71. The molecule has 0 radical (unpaired) electrons. The summed E-state index contributed by atoms with van der Waals surface area (Å²) in [5, 5.41) is 0. The van der Waals surface area contributed by atoms with Crippen molar-refractivity contribution in [3.63, 3.8) is 0 Å². The second-order valence-corrected chi connectivity index (χ2v) is 6.17. The van der Waals surface area contributed by atoms with E-state index in [-0.39, 0.29) is 0 Å². The summed E-state index contributed by atoms with van der Waals surface area (Å²) in [5.74, 6) is 0. The number of ether oxygens (including phenoxy) is 1. The van der Waals surface area contributed by atoms with Crippen molar-refractivity contribution in [2.45, 2.75) is 32.7 Å². The summed E-state index contributed by atoms with van der Waals surface area (Å²) in [7, 11) is 1.77. The number of methoxy groups -OCH3 is 1. The molecule has 1 N–H and O–H groups in total. The van der Waals surface area contributed by atoms with Crippen LogP contribution >= 0.6 is 12.2 Å². The van der Waals surface area contributed by atoms with E-state index in [4.69, 9.17) is 17.0 Å². The van der Waals surface area contributed by atoms with Crippen molar-refractivity contribution in [3.05, 3.63) is 28.5 Å². The standard InChI is InChI=1S/C15H20N2OS/c1-11-3-4-13-12(9-11)16-14(19)17(13)10-15(5-6-15)7-8-18-2/h3-4,9H,5-8,10H2,1-2H3,(H,16,19). The van der Waals surface area contributed by atoms with Crippen molar-refractivity contribution < 1.29 is 4.74 Å². The van der Waals surface area contributed by atoms with Crippen LogP contribution in [0, 0.1) is 17.1 Å². The number of hydrogen-bond donors (Lipinski definition) is 1. The van der Waals surface area contributed by atoms with E-state index in [1.165, 1.54) is 23.9 Å². The summed E-state index contributed by atoms with van der Waals surface area (Å²) in [6.07, 6.45) is 3.71. The maximum atomic E-state index is 5.48. The predicted octanol–water partition coefficient (Wildman–Crippen LogP) is 3.82. The molecule has 19 heavy (non-hydrogen) atoms. The van der Waals surface area contributed by atoms with Gasteiger partial charge in [-0.05, 0) is 61.5 Å². The Labute approximate surface area is 118 Å². The van der Waals surface area contributed by atoms with Crippen LogP contribution in [0.2, 0.25) is 0 Å². The highest BCUT2D eigenvalue weighted by Crippen LogP contribution is 2.50. The van der Waals surface area contributed by atoms with Crippen LogP contribution in [-0.4, -0.2) is 23.3 Å². The molecule has 4 heteroatoms. The molecule has 1 heterocycles. The molecule has 1 saturated carbocycles. The van der Waals surface area contributed by atoms with Gasteiger partial charge in [0, 0.05) is 20.3 Å². The van der Waals surface area contributed by atoms with Crippen LogP contribution in [0.25, 0.3) is 11.0 Å². The Bertz CT molecular complexity index is 652. The van der Waals surface area contributed by atoms with Crippen LogP contribution < -0.4 is 0 Å². The molecular formula is C15H20N2OS. The first kappa shape index (κ1) is 12.9. The average molecular weight is 276 g/mol. The van der Waals surface area contributed by atoms with Gasteiger partial charge in [-0.2, -0.15) is 0 Å². The minimum absolute atomic E-state index is 0.411. The van der Waals surface area contributed by atoms with E-state index in [0.29, 0.717) is 5.41 Å². The Morgan fingerprint density at radius 2 is 2.21 bits per heavy atom. The van der Waals surface area contributed by atoms with Gasteiger partial charge in [0.2, 0.25) is 0 Å². The van der Waals surface area contributed by atoms with Gasteiger partial charge in [-0.15, -0.1) is 0 Å². The molecule has 1 aromatic heterocycles. The number of H-pyrrole nitrogens is 1. The van der Waals surface area contributed by atoms with E-state index in [1.54, 1.807) is 7.11 Å². The first-order valence-electron chi connectivity index (χ1n) is 6.82. The molecule has 0 atom stereocenters. The highest BCUT2D eigenvalue weighted by atomic mass is 32.1. The Hall–Kier alpha value is -1.13. The number of imidazole rings is 1. The summed E-state index contributed by atoms with van der Waals surface area (Å²) in [4.78, 5) is 3.32. The molecule has 3 rings (SSSR count). The van der Waals surface area contributed by atoms with Crippen LogP contribution in [0.4, 0.5) is 0 Å². The van der Waals surface area contributed by atoms with Gasteiger partial charge in [-0.25, -0.2) is 0 Å². The lowest BCUT2D eigenvalue weighted by Crippen LogP contribution is -2.14. The molecule has 0 amide bonds. The largest absolute Gasteiger partial charge is 0.385 e. The van der Waals surface area contributed by atoms with Crippen LogP contribution in [-0.2, 0) is 11.3 Å². The van der Waals surface area contributed by atoms with Gasteiger partial charge >= 0.3 is 0 Å². The fourth-order valence-electron chi connectivity index (χ4n) is 2.75. The molecule has 3 nitrogen and oxygen atoms in total. The Morgan fingerprint density at radius 1 is 1.42 bits per heavy atom. The maximum absolute atomic E-state index is 5.48. The molecule has 0 unspecified atom stereocenters. The molecular weight excluding hydrogens is 256 g/mol. The van der Waals surface area contributed by atoms with Gasteiger partial charge in [-0.1, -0.05) is 6.07 Å². The number of rotatable bonds is 5. The zero-order chi connectivity index (χ0) is 13.5. The zero-order valence-corrected chi connectivity index (χ0v) is 12.3. The molecule has 1 aliphatic carbocycles. The van der Waals surface area contributed by atoms with Crippen LogP contribution in [0.5, 0.6) is 0 Å². The quantitative estimate of drug-likeness (QED) is 0.841. The predicted molar refractivity (Wildman–Crippen MR) is 80.0 cm³/mol. The van der Waals surface area contributed by atoms with Gasteiger partial charge in [-0.3, -0.25) is 0 Å². The molecule has 0 saturated heterocycles. The van der Waals surface area contributed by atoms with E-state index >= 15 is 0 Å². The minimum atomic E-state index is 0.411. The summed E-state index contributed by atoms with van der Waals surface area (Å²) in [6, 6.07) is 6.48. The monoisotopic (exact) mass is 276 g/mol. The molecule has 1 aromatic carbocycles. The maximum Gasteiger partial charge on any atom is 0.178 e. The fraction of sp³-hybridized carbons (Fsp3) is 0.533. The first-order chi connectivity index (χ1) is 9.13. The lowest BCUT2D eigenvalue weighted by Gasteiger charge is -2.16. The number of benzene rings is 1. The number of aryl methyl sites for hydroxylation is 1. The van der Waals surface area contributed by atoms with Crippen LogP contribution in [0.1, 0.15) is 24.8 Å². The highest BCUT2D eigenvalue weighted by Gasteiger charge is 2.42. The molecule has 1 aliphatic rings.